The number of carbonyl (C=O) groups is 2. The summed E-state index contributed by atoms with van der Waals surface area (Å²) in [4.78, 5) is 22.3. The Bertz CT molecular complexity index is 409. The van der Waals surface area contributed by atoms with Crippen molar-refractivity contribution in [2.45, 2.75) is 20.8 Å². The zero-order valence-electron chi connectivity index (χ0n) is 9.40. The summed E-state index contributed by atoms with van der Waals surface area (Å²) in [5, 5.41) is 14.9. The summed E-state index contributed by atoms with van der Waals surface area (Å²) < 4.78 is 4.74. The molecule has 0 atom stereocenters. The molecule has 1 aromatic heterocycles. The van der Waals surface area contributed by atoms with Gasteiger partial charge in [-0.1, -0.05) is 5.16 Å². The molecule has 0 spiro atoms. The molecule has 16 heavy (non-hydrogen) atoms. The lowest BCUT2D eigenvalue weighted by Crippen LogP contribution is -2.38. The highest BCUT2D eigenvalue weighted by molar-refractivity contribution is 5.91. The molecule has 6 heteroatoms. The van der Waals surface area contributed by atoms with Crippen LogP contribution in [0.3, 0.4) is 0 Å². The van der Waals surface area contributed by atoms with E-state index in [0.717, 1.165) is 0 Å². The SMILES string of the molecule is Cc1cc(C(=O)NCC(C)(C)C(=O)O)on1. The first-order valence-corrected chi connectivity index (χ1v) is 4.78. The number of aryl methyl sites for hydroxylation is 1. The summed E-state index contributed by atoms with van der Waals surface area (Å²) in [6.45, 7) is 4.78. The van der Waals surface area contributed by atoms with Crippen molar-refractivity contribution in [2.75, 3.05) is 6.54 Å². The molecule has 0 fully saturated rings. The first kappa shape index (κ1) is 12.2. The summed E-state index contributed by atoms with van der Waals surface area (Å²) >= 11 is 0. The largest absolute Gasteiger partial charge is 0.481 e. The minimum Gasteiger partial charge on any atom is -0.481 e. The predicted octanol–water partition coefficient (Wildman–Crippen LogP) is 0.824. The molecule has 0 radical (unpaired) electrons. The van der Waals surface area contributed by atoms with Gasteiger partial charge < -0.3 is 14.9 Å². The minimum atomic E-state index is -1.01. The van der Waals surface area contributed by atoms with E-state index < -0.39 is 17.3 Å². The number of carboxylic acid groups (broad SMARTS) is 1. The van der Waals surface area contributed by atoms with Gasteiger partial charge in [-0.25, -0.2) is 0 Å². The lowest BCUT2D eigenvalue weighted by Gasteiger charge is -2.18. The molecule has 1 amide bonds. The average Bonchev–Trinajstić information content (AvgIpc) is 2.61. The lowest BCUT2D eigenvalue weighted by molar-refractivity contribution is -0.146. The van der Waals surface area contributed by atoms with Gasteiger partial charge in [-0.05, 0) is 20.8 Å². The van der Waals surface area contributed by atoms with E-state index in [1.165, 1.54) is 19.9 Å². The topological polar surface area (TPSA) is 92.4 Å². The van der Waals surface area contributed by atoms with Gasteiger partial charge in [0, 0.05) is 12.6 Å². The molecule has 0 aromatic carbocycles. The summed E-state index contributed by atoms with van der Waals surface area (Å²) in [7, 11) is 0. The monoisotopic (exact) mass is 226 g/mol. The van der Waals surface area contributed by atoms with E-state index in [-0.39, 0.29) is 12.3 Å². The van der Waals surface area contributed by atoms with Crippen LogP contribution >= 0.6 is 0 Å². The van der Waals surface area contributed by atoms with Crippen LogP contribution in [0.15, 0.2) is 10.6 Å². The van der Waals surface area contributed by atoms with Gasteiger partial charge in [0.05, 0.1) is 11.1 Å². The van der Waals surface area contributed by atoms with E-state index in [1.54, 1.807) is 6.92 Å². The van der Waals surface area contributed by atoms with Crippen molar-refractivity contribution >= 4 is 11.9 Å². The third-order valence-corrected chi connectivity index (χ3v) is 2.12. The van der Waals surface area contributed by atoms with Crippen LogP contribution in [0, 0.1) is 12.3 Å². The Hall–Kier alpha value is -1.85. The molecule has 0 saturated carbocycles. The van der Waals surface area contributed by atoms with Gasteiger partial charge in [0.25, 0.3) is 5.91 Å². The Kier molecular flexibility index (Phi) is 3.31. The van der Waals surface area contributed by atoms with Gasteiger partial charge in [0.2, 0.25) is 5.76 Å². The quantitative estimate of drug-likeness (QED) is 0.793. The number of aliphatic carboxylic acids is 1. The number of aromatic nitrogens is 1. The van der Waals surface area contributed by atoms with Crippen LogP contribution in [0.1, 0.15) is 30.1 Å². The molecular weight excluding hydrogens is 212 g/mol. The van der Waals surface area contributed by atoms with Crippen molar-refractivity contribution in [2.24, 2.45) is 5.41 Å². The van der Waals surface area contributed by atoms with E-state index in [2.05, 4.69) is 10.5 Å². The maximum Gasteiger partial charge on any atom is 0.310 e. The second-order valence-corrected chi connectivity index (χ2v) is 4.20. The Balaban J connectivity index is 2.57. The van der Waals surface area contributed by atoms with Crippen LogP contribution in [0.25, 0.3) is 0 Å². The van der Waals surface area contributed by atoms with Crippen molar-refractivity contribution < 1.29 is 19.2 Å². The molecule has 0 bridgehead atoms. The van der Waals surface area contributed by atoms with Crippen molar-refractivity contribution in [1.29, 1.82) is 0 Å². The number of hydrogen-bond donors (Lipinski definition) is 2. The second kappa shape index (κ2) is 4.34. The fourth-order valence-corrected chi connectivity index (χ4v) is 0.935. The number of amides is 1. The summed E-state index contributed by atoms with van der Waals surface area (Å²) in [6.07, 6.45) is 0. The molecular formula is C10H14N2O4. The zero-order valence-corrected chi connectivity index (χ0v) is 9.40. The number of carboxylic acids is 1. The van der Waals surface area contributed by atoms with E-state index in [0.29, 0.717) is 5.69 Å². The summed E-state index contributed by atoms with van der Waals surface area (Å²) in [5.41, 5.74) is -0.410. The minimum absolute atomic E-state index is 0.0287. The lowest BCUT2D eigenvalue weighted by atomic mass is 9.94. The molecule has 1 heterocycles. The Labute approximate surface area is 92.6 Å². The Morgan fingerprint density at radius 2 is 2.19 bits per heavy atom. The van der Waals surface area contributed by atoms with Gasteiger partial charge in [0.1, 0.15) is 0 Å². The van der Waals surface area contributed by atoms with E-state index in [9.17, 15) is 9.59 Å². The van der Waals surface area contributed by atoms with Crippen LogP contribution in [0.5, 0.6) is 0 Å². The predicted molar refractivity (Wildman–Crippen MR) is 55.0 cm³/mol. The van der Waals surface area contributed by atoms with Crippen LogP contribution in [-0.4, -0.2) is 28.7 Å². The van der Waals surface area contributed by atoms with Gasteiger partial charge >= 0.3 is 5.97 Å². The van der Waals surface area contributed by atoms with E-state index in [1.807, 2.05) is 0 Å². The Morgan fingerprint density at radius 1 is 1.56 bits per heavy atom. The van der Waals surface area contributed by atoms with E-state index in [4.69, 9.17) is 9.63 Å². The van der Waals surface area contributed by atoms with Crippen molar-refractivity contribution in [3.05, 3.63) is 17.5 Å². The Morgan fingerprint density at radius 3 is 2.62 bits per heavy atom. The normalized spacial score (nSPS) is 11.2. The molecule has 0 unspecified atom stereocenters. The molecule has 1 rings (SSSR count). The summed E-state index contributed by atoms with van der Waals surface area (Å²) in [5.74, 6) is -1.35. The van der Waals surface area contributed by atoms with E-state index >= 15 is 0 Å². The molecule has 2 N–H and O–H groups in total. The third-order valence-electron chi connectivity index (χ3n) is 2.12. The number of nitrogens with one attached hydrogen (secondary N) is 1. The standard InChI is InChI=1S/C10H14N2O4/c1-6-4-7(16-12-6)8(13)11-5-10(2,3)9(14)15/h4H,5H2,1-3H3,(H,11,13)(H,14,15). The van der Waals surface area contributed by atoms with Crippen LogP contribution < -0.4 is 5.32 Å². The van der Waals surface area contributed by atoms with Crippen LogP contribution in [0.4, 0.5) is 0 Å². The molecule has 6 nitrogen and oxygen atoms in total. The maximum atomic E-state index is 11.5. The fourth-order valence-electron chi connectivity index (χ4n) is 0.935. The highest BCUT2D eigenvalue weighted by Crippen LogP contribution is 2.13. The molecule has 88 valence electrons. The number of nitrogens with zero attached hydrogens (tertiary/aromatic N) is 1. The third kappa shape index (κ3) is 2.82. The molecule has 1 aromatic rings. The average molecular weight is 226 g/mol. The van der Waals surface area contributed by atoms with Crippen molar-refractivity contribution in [1.82, 2.24) is 10.5 Å². The zero-order chi connectivity index (χ0) is 12.3. The van der Waals surface area contributed by atoms with Gasteiger partial charge in [-0.3, -0.25) is 9.59 Å². The highest BCUT2D eigenvalue weighted by Gasteiger charge is 2.28. The van der Waals surface area contributed by atoms with Crippen molar-refractivity contribution in [3.8, 4) is 0 Å². The van der Waals surface area contributed by atoms with Crippen molar-refractivity contribution in [3.63, 3.8) is 0 Å². The second-order valence-electron chi connectivity index (χ2n) is 4.20. The van der Waals surface area contributed by atoms with Gasteiger partial charge in [-0.2, -0.15) is 0 Å². The molecule has 0 aliphatic rings. The molecule has 0 saturated heterocycles. The van der Waals surface area contributed by atoms with Crippen LogP contribution in [-0.2, 0) is 4.79 Å². The maximum absolute atomic E-state index is 11.5. The molecule has 0 aliphatic carbocycles. The number of carbonyl (C=O) groups excluding carboxylic acids is 1. The number of rotatable bonds is 4. The summed E-state index contributed by atoms with van der Waals surface area (Å²) in [6, 6.07) is 1.49. The smallest absolute Gasteiger partial charge is 0.310 e. The molecule has 0 aliphatic heterocycles. The fraction of sp³-hybridized carbons (Fsp3) is 0.500. The highest BCUT2D eigenvalue weighted by atomic mass is 16.5. The van der Waals surface area contributed by atoms with Crippen LogP contribution in [0.2, 0.25) is 0 Å². The first-order chi connectivity index (χ1) is 7.33. The van der Waals surface area contributed by atoms with Gasteiger partial charge in [0.15, 0.2) is 0 Å². The first-order valence-electron chi connectivity index (χ1n) is 4.78. The van der Waals surface area contributed by atoms with Gasteiger partial charge in [-0.15, -0.1) is 0 Å². The number of hydrogen-bond acceptors (Lipinski definition) is 4.